The Morgan fingerprint density at radius 1 is 0.494 bits per heavy atom. The fourth-order valence-corrected chi connectivity index (χ4v) is 28.7. The van der Waals surface area contributed by atoms with E-state index in [0.29, 0.717) is 29.1 Å². The molecule has 0 saturated heterocycles. The summed E-state index contributed by atoms with van der Waals surface area (Å²) in [6, 6.07) is 19.3. The zero-order valence-electron chi connectivity index (χ0n) is 55.1. The highest BCUT2D eigenvalue weighted by Crippen LogP contribution is 2.79. The van der Waals surface area contributed by atoms with E-state index >= 15 is 0 Å². The van der Waals surface area contributed by atoms with Crippen LogP contribution in [0.3, 0.4) is 0 Å². The van der Waals surface area contributed by atoms with Crippen molar-refractivity contribution in [3.05, 3.63) is 106 Å². The zero-order valence-corrected chi connectivity index (χ0v) is 62.9. The molecule has 0 heterocycles. The van der Waals surface area contributed by atoms with Crippen LogP contribution in [-0.2, 0) is 18.3 Å². The summed E-state index contributed by atoms with van der Waals surface area (Å²) < 4.78 is 54.7. The van der Waals surface area contributed by atoms with E-state index in [1.165, 1.54) is 26.2 Å². The minimum Gasteiger partial charge on any atom is -0.423 e. The van der Waals surface area contributed by atoms with E-state index in [1.54, 1.807) is 24.3 Å². The molecule has 4 bridgehead atoms. The van der Waals surface area contributed by atoms with Crippen molar-refractivity contribution >= 4 is 86.7 Å². The van der Waals surface area contributed by atoms with E-state index in [1.807, 2.05) is 89.2 Å². The SMILES string of the molecule is C#CP(=O)(C(C)(C)C)C(C)(C)C.C#C[Si](C)(C)C.CC(C)(C)P(=O)(C#CBr)C(C)(C)C.CC(C)(C)P(=O)(C1=C(Br)C2C=CC1C2)C(C)(C)C.CC(C)(C)P(=O)(C1=C(c2ccccc2)C2C=CC1C2)C(C)(C)C.OB(O)c1ccccc1. The first-order valence-corrected chi connectivity index (χ1v) is 40.4. The maximum Gasteiger partial charge on any atom is 0.488 e. The van der Waals surface area contributed by atoms with E-state index in [2.05, 4.69) is 211 Å². The molecule has 6 nitrogen and oxygen atoms in total. The number of fused-ring (bicyclic) bond motifs is 4. The van der Waals surface area contributed by atoms with E-state index in [9.17, 15) is 18.3 Å². The molecule has 0 amide bonds. The van der Waals surface area contributed by atoms with Gasteiger partial charge in [0, 0.05) is 96.0 Å². The Hall–Kier alpha value is -1.84. The van der Waals surface area contributed by atoms with E-state index in [-0.39, 0.29) is 41.2 Å². The average Bonchev–Trinajstić information content (AvgIpc) is 4.13. The van der Waals surface area contributed by atoms with Gasteiger partial charge >= 0.3 is 7.12 Å². The molecule has 4 atom stereocenters. The minimum atomic E-state index is -2.57. The van der Waals surface area contributed by atoms with Gasteiger partial charge in [0.1, 0.15) is 22.4 Å². The molecule has 0 aromatic heterocycles. The first-order chi connectivity index (χ1) is 36.1. The van der Waals surface area contributed by atoms with Crippen molar-refractivity contribution in [2.75, 3.05) is 0 Å². The molecule has 4 aliphatic rings. The lowest BCUT2D eigenvalue weighted by Crippen LogP contribution is -2.31. The highest BCUT2D eigenvalue weighted by atomic mass is 79.9. The number of hydrogen-bond acceptors (Lipinski definition) is 6. The zero-order chi connectivity index (χ0) is 64.0. The largest absolute Gasteiger partial charge is 0.488 e. The van der Waals surface area contributed by atoms with Gasteiger partial charge < -0.3 is 28.3 Å². The Kier molecular flexibility index (Phi) is 26.6. The standard InChI is InChI=1S/C21H29OP.C15H24BrOP.C10H18BrOP.C10H19OP.C6H7BO2.C5H10Si/c1-20(2,3)23(22,21(4,5)6)19-17-13-12-16(14-17)18(19)15-10-8-7-9-11-15;1-14(2,3)18(17,15(4,5)6)13-11-8-7-10(9-11)12(13)16;1-9(2,3)13(12,8-7-11)10(4,5)6;1-8-12(11,9(2,3)4)10(5,6)7;8-7(9)6-4-2-1-3-5-6;1-5-6(2,3)4/h7-13,16-17H,14H2,1-6H3;7-8,10-11H,9H2,1-6H3;1-6H3;1H,2-7H3;1-5,8-9H;1H,2-4H3. The molecule has 2 N–H and O–H groups in total. The van der Waals surface area contributed by atoms with Crippen molar-refractivity contribution in [1.82, 2.24) is 0 Å². The number of halogens is 2. The molecule has 4 aliphatic carbocycles. The highest BCUT2D eigenvalue weighted by molar-refractivity contribution is 9.12. The van der Waals surface area contributed by atoms with Crippen LogP contribution in [0.15, 0.2) is 100 Å². The van der Waals surface area contributed by atoms with Crippen molar-refractivity contribution < 1.29 is 28.3 Å². The molecule has 0 radical (unpaired) electrons. The fourth-order valence-electron chi connectivity index (χ4n) is 11.6. The van der Waals surface area contributed by atoms with E-state index in [4.69, 9.17) is 22.9 Å². The Bertz CT molecular complexity index is 2870. The molecule has 81 heavy (non-hydrogen) atoms. The molecule has 0 saturated carbocycles. The van der Waals surface area contributed by atoms with E-state index < -0.39 is 43.8 Å². The summed E-state index contributed by atoms with van der Waals surface area (Å²) in [4.78, 5) is 2.62. The third-order valence-corrected chi connectivity index (χ3v) is 36.4. The van der Waals surface area contributed by atoms with Crippen molar-refractivity contribution in [2.45, 2.75) is 240 Å². The molecule has 2 aromatic carbocycles. The molecule has 0 fully saturated rings. The lowest BCUT2D eigenvalue weighted by atomic mass is 9.81. The van der Waals surface area contributed by atoms with Gasteiger partial charge in [0.05, 0.1) is 0 Å². The highest BCUT2D eigenvalue weighted by Gasteiger charge is 2.56. The third-order valence-electron chi connectivity index (χ3n) is 15.3. The number of hydrogen-bond donors (Lipinski definition) is 2. The minimum absolute atomic E-state index is 0.183. The fraction of sp³-hybridized carbons (Fsp3) is 0.612. The van der Waals surface area contributed by atoms with Crippen molar-refractivity contribution in [1.29, 1.82) is 0 Å². The first-order valence-electron chi connectivity index (χ1n) is 28.5. The van der Waals surface area contributed by atoms with Crippen LogP contribution in [-0.4, -0.2) is 66.5 Å². The van der Waals surface area contributed by atoms with Crippen LogP contribution in [0, 0.1) is 58.2 Å². The summed E-state index contributed by atoms with van der Waals surface area (Å²) in [5, 5.41) is 17.7. The Morgan fingerprint density at radius 2 is 0.802 bits per heavy atom. The molecular formula is C67H107BBr2O6P4Si. The molecule has 6 rings (SSSR count). The summed E-state index contributed by atoms with van der Waals surface area (Å²) in [7, 11) is -12.5. The number of allylic oxidation sites excluding steroid dienone is 8. The maximum absolute atomic E-state index is 14.5. The molecule has 2 aromatic rings. The van der Waals surface area contributed by atoms with Gasteiger partial charge in [0.2, 0.25) is 0 Å². The molecule has 0 aliphatic heterocycles. The van der Waals surface area contributed by atoms with Crippen LogP contribution < -0.4 is 5.46 Å². The van der Waals surface area contributed by atoms with Gasteiger partial charge in [-0.1, -0.05) is 287 Å². The Labute approximate surface area is 515 Å². The van der Waals surface area contributed by atoms with E-state index in [0.717, 1.165) is 12.8 Å². The van der Waals surface area contributed by atoms with Gasteiger partial charge in [-0.05, 0) is 45.6 Å². The predicted octanol–water partition coefficient (Wildman–Crippen LogP) is 21.0. The third kappa shape index (κ3) is 18.1. The van der Waals surface area contributed by atoms with Gasteiger partial charge in [-0.3, -0.25) is 0 Å². The molecular weight excluding hydrogens is 1220 g/mol. The van der Waals surface area contributed by atoms with Crippen LogP contribution in [0.5, 0.6) is 0 Å². The van der Waals surface area contributed by atoms with Crippen LogP contribution in [0.2, 0.25) is 19.6 Å². The first kappa shape index (κ1) is 77.2. The van der Waals surface area contributed by atoms with Crippen LogP contribution >= 0.6 is 60.4 Å². The van der Waals surface area contributed by atoms with Gasteiger partial charge in [-0.15, -0.1) is 18.4 Å². The molecule has 0 spiro atoms. The van der Waals surface area contributed by atoms with Crippen molar-refractivity contribution in [3.63, 3.8) is 0 Å². The Balaban J connectivity index is 0.000000510. The van der Waals surface area contributed by atoms with Crippen LogP contribution in [0.25, 0.3) is 5.57 Å². The van der Waals surface area contributed by atoms with Crippen LogP contribution in [0.4, 0.5) is 0 Å². The predicted molar refractivity (Wildman–Crippen MR) is 373 cm³/mol. The molecule has 452 valence electrons. The normalized spacial score (nSPS) is 19.3. The van der Waals surface area contributed by atoms with Crippen LogP contribution in [0.1, 0.15) is 185 Å². The summed E-state index contributed by atoms with van der Waals surface area (Å²) in [6.07, 6.45) is 21.9. The number of terminal acetylenes is 2. The Morgan fingerprint density at radius 3 is 1.05 bits per heavy atom. The van der Waals surface area contributed by atoms with Gasteiger partial charge in [0.25, 0.3) is 0 Å². The maximum atomic E-state index is 14.5. The lowest BCUT2D eigenvalue weighted by molar-refractivity contribution is 0.425. The average molecular weight is 1330 g/mol. The quantitative estimate of drug-likeness (QED) is 0.137. The number of benzene rings is 2. The lowest BCUT2D eigenvalue weighted by Gasteiger charge is -2.44. The second-order valence-electron chi connectivity index (χ2n) is 30.9. The summed E-state index contributed by atoms with van der Waals surface area (Å²) >= 11 is 6.78. The van der Waals surface area contributed by atoms with Gasteiger partial charge in [-0.2, -0.15) is 0 Å². The summed E-state index contributed by atoms with van der Waals surface area (Å²) in [6.45, 7) is 55.7. The monoisotopic (exact) mass is 1330 g/mol. The molecule has 4 unspecified atom stereocenters. The smallest absolute Gasteiger partial charge is 0.423 e. The van der Waals surface area contributed by atoms with Gasteiger partial charge in [-0.25, -0.2) is 0 Å². The topological polar surface area (TPSA) is 109 Å². The van der Waals surface area contributed by atoms with Gasteiger partial charge in [0.15, 0.2) is 14.3 Å². The summed E-state index contributed by atoms with van der Waals surface area (Å²) in [5.41, 5.74) is 11.3. The summed E-state index contributed by atoms with van der Waals surface area (Å²) in [5.74, 6) is 1.67. The van der Waals surface area contributed by atoms with Crippen molar-refractivity contribution in [3.8, 4) is 34.5 Å². The molecule has 14 heteroatoms. The number of rotatable bonds is 4. The second kappa shape index (κ2) is 27.9. The van der Waals surface area contributed by atoms with Crippen molar-refractivity contribution in [2.24, 2.45) is 23.7 Å². The second-order valence-corrected chi connectivity index (χ2v) is 54.0.